The molecule has 0 radical (unpaired) electrons. The van der Waals surface area contributed by atoms with Crippen LogP contribution in [0.3, 0.4) is 0 Å². The third kappa shape index (κ3) is 3.84. The minimum Gasteiger partial charge on any atom is -0.447 e. The van der Waals surface area contributed by atoms with Gasteiger partial charge in [-0.2, -0.15) is 0 Å². The smallest absolute Gasteiger partial charge is 0.410 e. The summed E-state index contributed by atoms with van der Waals surface area (Å²) in [6, 6.07) is 6.07. The van der Waals surface area contributed by atoms with E-state index in [4.69, 9.17) is 4.74 Å². The van der Waals surface area contributed by atoms with Crippen LogP contribution in [0.2, 0.25) is 0 Å². The van der Waals surface area contributed by atoms with Crippen molar-refractivity contribution in [2.75, 3.05) is 20.2 Å². The maximum atomic E-state index is 12.5. The average Bonchev–Trinajstić information content (AvgIpc) is 2.85. The number of amides is 2. The Bertz CT molecular complexity index is 598. The molecule has 1 aromatic carbocycles. The van der Waals surface area contributed by atoms with Crippen LogP contribution in [-0.4, -0.2) is 48.0 Å². The van der Waals surface area contributed by atoms with Crippen molar-refractivity contribution in [2.45, 2.75) is 40.3 Å². The second-order valence-corrected chi connectivity index (χ2v) is 6.63. The molecule has 0 bridgehead atoms. The van der Waals surface area contributed by atoms with Gasteiger partial charge in [0.2, 0.25) is 5.91 Å². The quantitative estimate of drug-likeness (QED) is 0.839. The molecule has 1 aliphatic rings. The van der Waals surface area contributed by atoms with Crippen LogP contribution in [0, 0.1) is 19.8 Å². The Morgan fingerprint density at radius 1 is 1.39 bits per heavy atom. The van der Waals surface area contributed by atoms with Crippen molar-refractivity contribution >= 4 is 12.0 Å². The summed E-state index contributed by atoms with van der Waals surface area (Å²) >= 11 is 0. The predicted molar refractivity (Wildman–Crippen MR) is 89.1 cm³/mol. The number of hydrogen-bond acceptors (Lipinski definition) is 3. The molecular formula is C18H26N2O3. The molecule has 0 spiro atoms. The Hall–Kier alpha value is -2.04. The number of hydrogen-bond donors (Lipinski definition) is 0. The lowest BCUT2D eigenvalue weighted by Gasteiger charge is -2.26. The average molecular weight is 318 g/mol. The second kappa shape index (κ2) is 7.02. The lowest BCUT2D eigenvalue weighted by Crippen LogP contribution is -2.44. The zero-order valence-electron chi connectivity index (χ0n) is 14.6. The van der Waals surface area contributed by atoms with Crippen LogP contribution in [0.4, 0.5) is 4.79 Å². The van der Waals surface area contributed by atoms with E-state index in [2.05, 4.69) is 19.9 Å². The van der Waals surface area contributed by atoms with E-state index in [-0.39, 0.29) is 24.4 Å². The molecule has 0 aliphatic carbocycles. The van der Waals surface area contributed by atoms with Gasteiger partial charge in [-0.1, -0.05) is 32.0 Å². The number of rotatable bonds is 5. The summed E-state index contributed by atoms with van der Waals surface area (Å²) in [5.41, 5.74) is 3.55. The summed E-state index contributed by atoms with van der Waals surface area (Å²) in [4.78, 5) is 27.5. The molecule has 1 atom stereocenters. The largest absolute Gasteiger partial charge is 0.447 e. The van der Waals surface area contributed by atoms with Gasteiger partial charge in [-0.05, 0) is 36.5 Å². The van der Waals surface area contributed by atoms with Crippen molar-refractivity contribution in [3.05, 3.63) is 34.9 Å². The molecule has 0 N–H and O–H groups in total. The molecule has 5 heteroatoms. The number of ether oxygens (including phenoxy) is 1. The summed E-state index contributed by atoms with van der Waals surface area (Å²) in [6.45, 7) is 9.17. The van der Waals surface area contributed by atoms with Crippen molar-refractivity contribution < 1.29 is 14.3 Å². The SMILES string of the molecule is Cc1cccc(CN(C)C(=O)CN2C(=O)OC[C@@H]2C(C)C)c1C. The highest BCUT2D eigenvalue weighted by atomic mass is 16.6. The van der Waals surface area contributed by atoms with Gasteiger partial charge >= 0.3 is 6.09 Å². The van der Waals surface area contributed by atoms with E-state index in [1.54, 1.807) is 16.8 Å². The summed E-state index contributed by atoms with van der Waals surface area (Å²) < 4.78 is 5.09. The Morgan fingerprint density at radius 3 is 2.74 bits per heavy atom. The van der Waals surface area contributed by atoms with Crippen molar-refractivity contribution in [1.82, 2.24) is 9.80 Å². The van der Waals surface area contributed by atoms with Crippen molar-refractivity contribution in [1.29, 1.82) is 0 Å². The van der Waals surface area contributed by atoms with Gasteiger partial charge in [0.25, 0.3) is 0 Å². The molecule has 0 unspecified atom stereocenters. The molecule has 1 aromatic rings. The fourth-order valence-corrected chi connectivity index (χ4v) is 2.79. The zero-order chi connectivity index (χ0) is 17.1. The Morgan fingerprint density at radius 2 is 2.09 bits per heavy atom. The Labute approximate surface area is 138 Å². The first kappa shape index (κ1) is 17.3. The molecule has 1 fully saturated rings. The predicted octanol–water partition coefficient (Wildman–Crippen LogP) is 2.74. The van der Waals surface area contributed by atoms with Crippen molar-refractivity contribution in [2.24, 2.45) is 5.92 Å². The summed E-state index contributed by atoms with van der Waals surface area (Å²) in [5.74, 6) is 0.189. The molecule has 1 aliphatic heterocycles. The molecule has 2 amide bonds. The molecule has 5 nitrogen and oxygen atoms in total. The highest BCUT2D eigenvalue weighted by Gasteiger charge is 2.36. The van der Waals surface area contributed by atoms with E-state index in [0.29, 0.717) is 13.2 Å². The van der Waals surface area contributed by atoms with Crippen LogP contribution < -0.4 is 0 Å². The number of carbonyl (C=O) groups is 2. The van der Waals surface area contributed by atoms with Crippen LogP contribution in [0.1, 0.15) is 30.5 Å². The number of benzene rings is 1. The first-order chi connectivity index (χ1) is 10.8. The van der Waals surface area contributed by atoms with Crippen LogP contribution in [0.25, 0.3) is 0 Å². The van der Waals surface area contributed by atoms with Gasteiger partial charge in [0.15, 0.2) is 0 Å². The molecule has 2 rings (SSSR count). The first-order valence-corrected chi connectivity index (χ1v) is 8.03. The van der Waals surface area contributed by atoms with Crippen molar-refractivity contribution in [3.63, 3.8) is 0 Å². The third-order valence-corrected chi connectivity index (χ3v) is 4.64. The number of nitrogens with zero attached hydrogens (tertiary/aromatic N) is 2. The maximum Gasteiger partial charge on any atom is 0.410 e. The summed E-state index contributed by atoms with van der Waals surface area (Å²) in [5, 5.41) is 0. The molecule has 1 saturated heterocycles. The zero-order valence-corrected chi connectivity index (χ0v) is 14.6. The van der Waals surface area contributed by atoms with Crippen molar-refractivity contribution in [3.8, 4) is 0 Å². The van der Waals surface area contributed by atoms with Gasteiger partial charge in [0, 0.05) is 13.6 Å². The van der Waals surface area contributed by atoms with Crippen LogP contribution in [0.5, 0.6) is 0 Å². The Kier molecular flexibility index (Phi) is 5.29. The van der Waals surface area contributed by atoms with Gasteiger partial charge in [0.1, 0.15) is 13.2 Å². The molecule has 0 aromatic heterocycles. The monoisotopic (exact) mass is 318 g/mol. The van der Waals surface area contributed by atoms with E-state index in [0.717, 1.165) is 5.56 Å². The fourth-order valence-electron chi connectivity index (χ4n) is 2.79. The van der Waals surface area contributed by atoms with Crippen LogP contribution >= 0.6 is 0 Å². The lowest BCUT2D eigenvalue weighted by molar-refractivity contribution is -0.131. The normalized spacial score (nSPS) is 17.6. The number of carbonyl (C=O) groups excluding carboxylic acids is 2. The van der Waals surface area contributed by atoms with Gasteiger partial charge in [-0.25, -0.2) is 4.79 Å². The summed E-state index contributed by atoms with van der Waals surface area (Å²) in [6.07, 6.45) is -0.391. The van der Waals surface area contributed by atoms with E-state index in [9.17, 15) is 9.59 Å². The minimum atomic E-state index is -0.391. The molecule has 126 valence electrons. The third-order valence-electron chi connectivity index (χ3n) is 4.64. The fraction of sp³-hybridized carbons (Fsp3) is 0.556. The van der Waals surface area contributed by atoms with E-state index >= 15 is 0 Å². The number of likely N-dealkylation sites (N-methyl/N-ethyl adjacent to an activating group) is 1. The first-order valence-electron chi connectivity index (χ1n) is 8.03. The van der Waals surface area contributed by atoms with Gasteiger partial charge in [-0.15, -0.1) is 0 Å². The topological polar surface area (TPSA) is 49.9 Å². The number of aryl methyl sites for hydroxylation is 1. The van der Waals surface area contributed by atoms with E-state index < -0.39 is 6.09 Å². The number of cyclic esters (lactones) is 1. The maximum absolute atomic E-state index is 12.5. The van der Waals surface area contributed by atoms with E-state index in [1.807, 2.05) is 26.0 Å². The van der Waals surface area contributed by atoms with Crippen LogP contribution in [-0.2, 0) is 16.1 Å². The molecule has 1 heterocycles. The van der Waals surface area contributed by atoms with E-state index in [1.165, 1.54) is 11.1 Å². The second-order valence-electron chi connectivity index (χ2n) is 6.63. The minimum absolute atomic E-state index is 0.0273. The molecule has 0 saturated carbocycles. The van der Waals surface area contributed by atoms with Crippen LogP contribution in [0.15, 0.2) is 18.2 Å². The van der Waals surface area contributed by atoms with Gasteiger partial charge in [0.05, 0.1) is 6.04 Å². The lowest BCUT2D eigenvalue weighted by atomic mass is 10.0. The van der Waals surface area contributed by atoms with Gasteiger partial charge < -0.3 is 9.64 Å². The standard InChI is InChI=1S/C18H26N2O3/c1-12(2)16-11-23-18(22)20(16)10-17(21)19(5)9-15-8-6-7-13(3)14(15)4/h6-8,12,16H,9-11H2,1-5H3/t16-/m1/s1. The summed E-state index contributed by atoms with van der Waals surface area (Å²) in [7, 11) is 1.77. The molecule has 23 heavy (non-hydrogen) atoms. The highest BCUT2D eigenvalue weighted by Crippen LogP contribution is 2.20. The Balaban J connectivity index is 2.02. The van der Waals surface area contributed by atoms with Gasteiger partial charge in [-0.3, -0.25) is 9.69 Å². The highest BCUT2D eigenvalue weighted by molar-refractivity contribution is 5.83. The molecular weight excluding hydrogens is 292 g/mol.